The fourth-order valence-electron chi connectivity index (χ4n) is 2.11. The first-order valence-corrected chi connectivity index (χ1v) is 6.24. The van der Waals surface area contributed by atoms with Crippen molar-refractivity contribution in [1.29, 1.82) is 0 Å². The van der Waals surface area contributed by atoms with Gasteiger partial charge in [-0.05, 0) is 35.9 Å². The Kier molecular flexibility index (Phi) is 3.06. The molecule has 0 radical (unpaired) electrons. The van der Waals surface area contributed by atoms with E-state index in [2.05, 4.69) is 29.0 Å². The zero-order valence-electron chi connectivity index (χ0n) is 10.5. The van der Waals surface area contributed by atoms with Gasteiger partial charge < -0.3 is 10.7 Å². The highest BCUT2D eigenvalue weighted by atomic mass is 14.7. The molecule has 0 amide bonds. The molecule has 3 rings (SSSR count). The van der Waals surface area contributed by atoms with E-state index in [1.807, 2.05) is 42.6 Å². The normalized spacial score (nSPS) is 10.2. The topological polar surface area (TPSA) is 41.8 Å². The van der Waals surface area contributed by atoms with Crippen LogP contribution >= 0.6 is 0 Å². The standard InChI is InChI=1S/C17H14N2/c18-12-14-4-1-3-13(11-14)7-8-15-5-2-6-17-16(15)9-10-19-17/h1-6,9-11,19H,12,18H2. The van der Waals surface area contributed by atoms with Gasteiger partial charge in [-0.2, -0.15) is 0 Å². The van der Waals surface area contributed by atoms with Crippen LogP contribution < -0.4 is 5.73 Å². The number of hydrogen-bond acceptors (Lipinski definition) is 1. The SMILES string of the molecule is NCc1cccc(C#Cc2cccc3[nH]ccc23)c1. The quantitative estimate of drug-likeness (QED) is 0.637. The molecule has 92 valence electrons. The molecule has 19 heavy (non-hydrogen) atoms. The molecule has 2 heteroatoms. The van der Waals surface area contributed by atoms with Crippen molar-refractivity contribution < 1.29 is 0 Å². The van der Waals surface area contributed by atoms with Crippen LogP contribution in [0, 0.1) is 11.8 Å². The van der Waals surface area contributed by atoms with E-state index in [4.69, 9.17) is 5.73 Å². The van der Waals surface area contributed by atoms with E-state index < -0.39 is 0 Å². The van der Waals surface area contributed by atoms with Gasteiger partial charge in [0, 0.05) is 34.8 Å². The zero-order valence-corrected chi connectivity index (χ0v) is 10.5. The van der Waals surface area contributed by atoms with Gasteiger partial charge in [0.1, 0.15) is 0 Å². The third kappa shape index (κ3) is 2.37. The summed E-state index contributed by atoms with van der Waals surface area (Å²) < 4.78 is 0. The number of aromatic nitrogens is 1. The first-order chi connectivity index (χ1) is 9.36. The van der Waals surface area contributed by atoms with Gasteiger partial charge >= 0.3 is 0 Å². The third-order valence-electron chi connectivity index (χ3n) is 3.10. The minimum Gasteiger partial charge on any atom is -0.361 e. The van der Waals surface area contributed by atoms with E-state index in [9.17, 15) is 0 Å². The first-order valence-electron chi connectivity index (χ1n) is 6.24. The number of rotatable bonds is 1. The summed E-state index contributed by atoms with van der Waals surface area (Å²) in [5.74, 6) is 6.43. The van der Waals surface area contributed by atoms with E-state index in [0.29, 0.717) is 6.54 Å². The van der Waals surface area contributed by atoms with Crippen molar-refractivity contribution in [2.75, 3.05) is 0 Å². The molecule has 0 aliphatic rings. The van der Waals surface area contributed by atoms with Crippen molar-refractivity contribution in [2.24, 2.45) is 5.73 Å². The van der Waals surface area contributed by atoms with E-state index >= 15 is 0 Å². The van der Waals surface area contributed by atoms with Gasteiger partial charge in [-0.15, -0.1) is 0 Å². The van der Waals surface area contributed by atoms with Crippen LogP contribution in [-0.2, 0) is 6.54 Å². The molecule has 1 aromatic heterocycles. The number of nitrogens with two attached hydrogens (primary N) is 1. The van der Waals surface area contributed by atoms with Crippen molar-refractivity contribution >= 4 is 10.9 Å². The summed E-state index contributed by atoms with van der Waals surface area (Å²) in [5, 5.41) is 1.16. The molecule has 0 aliphatic carbocycles. The van der Waals surface area contributed by atoms with E-state index in [0.717, 1.165) is 27.6 Å². The predicted octanol–water partition coefficient (Wildman–Crippen LogP) is 3.03. The average Bonchev–Trinajstić information content (AvgIpc) is 2.94. The van der Waals surface area contributed by atoms with Gasteiger partial charge in [0.2, 0.25) is 0 Å². The Bertz CT molecular complexity index is 772. The summed E-state index contributed by atoms with van der Waals surface area (Å²) in [6.45, 7) is 0.545. The Hall–Kier alpha value is -2.50. The molecule has 3 aromatic rings. The maximum atomic E-state index is 5.63. The Morgan fingerprint density at radius 2 is 1.89 bits per heavy atom. The molecule has 0 spiro atoms. The van der Waals surface area contributed by atoms with Gasteiger partial charge in [-0.25, -0.2) is 0 Å². The van der Waals surface area contributed by atoms with Gasteiger partial charge in [0.05, 0.1) is 0 Å². The van der Waals surface area contributed by atoms with Crippen LogP contribution in [0.3, 0.4) is 0 Å². The molecular formula is C17H14N2. The van der Waals surface area contributed by atoms with E-state index in [-0.39, 0.29) is 0 Å². The number of benzene rings is 2. The minimum absolute atomic E-state index is 0.545. The summed E-state index contributed by atoms with van der Waals surface area (Å²) in [6.07, 6.45) is 1.94. The van der Waals surface area contributed by atoms with Gasteiger partial charge in [0.15, 0.2) is 0 Å². The number of aromatic amines is 1. The molecule has 0 atom stereocenters. The van der Waals surface area contributed by atoms with E-state index in [1.165, 1.54) is 0 Å². The molecule has 0 saturated carbocycles. The number of nitrogens with one attached hydrogen (secondary N) is 1. The van der Waals surface area contributed by atoms with Crippen molar-refractivity contribution in [2.45, 2.75) is 6.54 Å². The van der Waals surface area contributed by atoms with Gasteiger partial charge in [-0.3, -0.25) is 0 Å². The number of fused-ring (bicyclic) bond motifs is 1. The van der Waals surface area contributed by atoms with Crippen LogP contribution in [0.4, 0.5) is 0 Å². The second-order valence-corrected chi connectivity index (χ2v) is 4.40. The summed E-state index contributed by atoms with van der Waals surface area (Å²) in [4.78, 5) is 3.19. The molecule has 2 aromatic carbocycles. The smallest absolute Gasteiger partial charge is 0.0466 e. The molecule has 0 fully saturated rings. The first kappa shape index (κ1) is 11.6. The molecule has 0 bridgehead atoms. The lowest BCUT2D eigenvalue weighted by Gasteiger charge is -1.97. The zero-order chi connectivity index (χ0) is 13.1. The monoisotopic (exact) mass is 246 g/mol. The van der Waals surface area contributed by atoms with Crippen LogP contribution in [0.25, 0.3) is 10.9 Å². The van der Waals surface area contributed by atoms with Crippen LogP contribution in [0.5, 0.6) is 0 Å². The lowest BCUT2D eigenvalue weighted by Crippen LogP contribution is -1.95. The Morgan fingerprint density at radius 1 is 1.00 bits per heavy atom. The second kappa shape index (κ2) is 5.01. The summed E-state index contributed by atoms with van der Waals surface area (Å²) >= 11 is 0. The Morgan fingerprint density at radius 3 is 2.79 bits per heavy atom. The lowest BCUT2D eigenvalue weighted by atomic mass is 10.1. The van der Waals surface area contributed by atoms with Crippen molar-refractivity contribution in [3.8, 4) is 11.8 Å². The van der Waals surface area contributed by atoms with Crippen molar-refractivity contribution in [3.63, 3.8) is 0 Å². The largest absolute Gasteiger partial charge is 0.361 e. The van der Waals surface area contributed by atoms with Crippen molar-refractivity contribution in [1.82, 2.24) is 4.98 Å². The third-order valence-corrected chi connectivity index (χ3v) is 3.10. The fourth-order valence-corrected chi connectivity index (χ4v) is 2.11. The summed E-state index contributed by atoms with van der Waals surface area (Å²) in [5.41, 5.74) is 9.89. The van der Waals surface area contributed by atoms with E-state index in [1.54, 1.807) is 0 Å². The molecule has 0 saturated heterocycles. The van der Waals surface area contributed by atoms with Gasteiger partial charge in [-0.1, -0.05) is 30.0 Å². The maximum Gasteiger partial charge on any atom is 0.0466 e. The average molecular weight is 246 g/mol. The Labute approximate surface area is 112 Å². The minimum atomic E-state index is 0.545. The highest BCUT2D eigenvalue weighted by Gasteiger charge is 1.98. The Balaban J connectivity index is 2.01. The summed E-state index contributed by atoms with van der Waals surface area (Å²) in [6, 6.07) is 16.2. The number of hydrogen-bond donors (Lipinski definition) is 2. The molecule has 2 nitrogen and oxygen atoms in total. The predicted molar refractivity (Wildman–Crippen MR) is 78.6 cm³/mol. The van der Waals surface area contributed by atoms with Gasteiger partial charge in [0.25, 0.3) is 0 Å². The highest BCUT2D eigenvalue weighted by Crippen LogP contribution is 2.16. The maximum absolute atomic E-state index is 5.63. The molecule has 0 unspecified atom stereocenters. The molecule has 3 N–H and O–H groups in total. The van der Waals surface area contributed by atoms with Crippen LogP contribution in [0.15, 0.2) is 54.7 Å². The molecular weight excluding hydrogens is 232 g/mol. The van der Waals surface area contributed by atoms with Crippen LogP contribution in [-0.4, -0.2) is 4.98 Å². The molecule has 0 aliphatic heterocycles. The van der Waals surface area contributed by atoms with Crippen molar-refractivity contribution in [3.05, 3.63) is 71.4 Å². The molecule has 1 heterocycles. The summed E-state index contributed by atoms with van der Waals surface area (Å²) in [7, 11) is 0. The highest BCUT2D eigenvalue weighted by molar-refractivity contribution is 5.85. The number of H-pyrrole nitrogens is 1. The van der Waals surface area contributed by atoms with Crippen LogP contribution in [0.2, 0.25) is 0 Å². The fraction of sp³-hybridized carbons (Fsp3) is 0.0588. The van der Waals surface area contributed by atoms with Crippen LogP contribution in [0.1, 0.15) is 16.7 Å². The second-order valence-electron chi connectivity index (χ2n) is 4.40. The lowest BCUT2D eigenvalue weighted by molar-refractivity contribution is 1.07.